The lowest BCUT2D eigenvalue weighted by atomic mass is 10.1. The summed E-state index contributed by atoms with van der Waals surface area (Å²) in [5, 5.41) is 23.5. The highest BCUT2D eigenvalue weighted by Gasteiger charge is 2.06. The van der Waals surface area contributed by atoms with Crippen LogP contribution in [-0.2, 0) is 0 Å². The van der Waals surface area contributed by atoms with Gasteiger partial charge >= 0.3 is 0 Å². The van der Waals surface area contributed by atoms with Crippen molar-refractivity contribution in [3.05, 3.63) is 30.5 Å². The molecule has 2 rings (SSSR count). The third kappa shape index (κ3) is 2.65. The number of hydrogen-bond acceptors (Lipinski definition) is 4. The molecule has 90 valence electrons. The molecule has 0 spiro atoms. The van der Waals surface area contributed by atoms with E-state index in [1.54, 1.807) is 18.3 Å². The summed E-state index contributed by atoms with van der Waals surface area (Å²) in [6.45, 7) is 2.13. The van der Waals surface area contributed by atoms with Crippen molar-refractivity contribution < 1.29 is 10.2 Å². The largest absolute Gasteiger partial charge is 0.508 e. The van der Waals surface area contributed by atoms with Gasteiger partial charge in [-0.25, -0.2) is 4.98 Å². The van der Waals surface area contributed by atoms with Gasteiger partial charge in [0.2, 0.25) is 0 Å². The van der Waals surface area contributed by atoms with Crippen LogP contribution in [0.2, 0.25) is 0 Å². The van der Waals surface area contributed by atoms with Crippen LogP contribution in [0.15, 0.2) is 30.5 Å². The molecular formula is C13H16N2O2. The van der Waals surface area contributed by atoms with Gasteiger partial charge in [-0.15, -0.1) is 0 Å². The van der Waals surface area contributed by atoms with Gasteiger partial charge < -0.3 is 15.5 Å². The highest BCUT2D eigenvalue weighted by molar-refractivity contribution is 5.92. The number of aromatic hydroxyl groups is 1. The summed E-state index contributed by atoms with van der Waals surface area (Å²) in [4.78, 5) is 4.27. The zero-order valence-corrected chi connectivity index (χ0v) is 9.72. The average molecular weight is 232 g/mol. The third-order valence-electron chi connectivity index (χ3n) is 2.69. The van der Waals surface area contributed by atoms with Crippen LogP contribution in [0.25, 0.3) is 10.8 Å². The molecular weight excluding hydrogens is 216 g/mol. The van der Waals surface area contributed by atoms with Crippen molar-refractivity contribution in [3.63, 3.8) is 0 Å². The van der Waals surface area contributed by atoms with E-state index in [0.29, 0.717) is 6.42 Å². The van der Waals surface area contributed by atoms with Crippen LogP contribution in [0.5, 0.6) is 5.75 Å². The first kappa shape index (κ1) is 11.7. The minimum atomic E-state index is 0.139. The maximum atomic E-state index is 9.50. The SMILES string of the molecule is CC(CCO)Nc1nccc2ccc(O)cc12. The summed E-state index contributed by atoms with van der Waals surface area (Å²) in [6.07, 6.45) is 2.39. The first-order chi connectivity index (χ1) is 8.20. The van der Waals surface area contributed by atoms with Gasteiger partial charge in [-0.3, -0.25) is 0 Å². The van der Waals surface area contributed by atoms with Gasteiger partial charge in [0.25, 0.3) is 0 Å². The third-order valence-corrected chi connectivity index (χ3v) is 2.69. The van der Waals surface area contributed by atoms with Crippen molar-refractivity contribution >= 4 is 16.6 Å². The van der Waals surface area contributed by atoms with Crippen LogP contribution < -0.4 is 5.32 Å². The fraction of sp³-hybridized carbons (Fsp3) is 0.308. The van der Waals surface area contributed by atoms with Crippen molar-refractivity contribution in [2.75, 3.05) is 11.9 Å². The molecule has 1 heterocycles. The monoisotopic (exact) mass is 232 g/mol. The summed E-state index contributed by atoms with van der Waals surface area (Å²) in [6, 6.07) is 7.24. The zero-order valence-electron chi connectivity index (χ0n) is 9.72. The van der Waals surface area contributed by atoms with Gasteiger partial charge in [0, 0.05) is 24.2 Å². The number of phenols is 1. The van der Waals surface area contributed by atoms with Gasteiger partial charge in [0.05, 0.1) is 0 Å². The first-order valence-corrected chi connectivity index (χ1v) is 5.66. The maximum Gasteiger partial charge on any atom is 0.134 e. The van der Waals surface area contributed by atoms with Crippen LogP contribution in [0.3, 0.4) is 0 Å². The quantitative estimate of drug-likeness (QED) is 0.755. The molecule has 0 aliphatic rings. The predicted molar refractivity (Wildman–Crippen MR) is 68.2 cm³/mol. The molecule has 3 N–H and O–H groups in total. The topological polar surface area (TPSA) is 65.4 Å². The molecule has 1 aromatic heterocycles. The van der Waals surface area contributed by atoms with Crippen LogP contribution in [0.1, 0.15) is 13.3 Å². The summed E-state index contributed by atoms with van der Waals surface area (Å²) >= 11 is 0. The highest BCUT2D eigenvalue weighted by atomic mass is 16.3. The van der Waals surface area contributed by atoms with Crippen LogP contribution in [-0.4, -0.2) is 27.8 Å². The molecule has 0 radical (unpaired) electrons. The van der Waals surface area contributed by atoms with Crippen molar-refractivity contribution in [3.8, 4) is 5.75 Å². The summed E-state index contributed by atoms with van der Waals surface area (Å²) in [5.41, 5.74) is 0. The van der Waals surface area contributed by atoms with E-state index in [2.05, 4.69) is 10.3 Å². The Hall–Kier alpha value is -1.81. The van der Waals surface area contributed by atoms with E-state index in [1.807, 2.05) is 19.1 Å². The molecule has 2 aromatic rings. The van der Waals surface area contributed by atoms with E-state index in [1.165, 1.54) is 0 Å². The lowest BCUT2D eigenvalue weighted by Gasteiger charge is -2.14. The van der Waals surface area contributed by atoms with Gasteiger partial charge in [0.1, 0.15) is 11.6 Å². The number of hydrogen-bond donors (Lipinski definition) is 3. The van der Waals surface area contributed by atoms with E-state index >= 15 is 0 Å². The lowest BCUT2D eigenvalue weighted by molar-refractivity contribution is 0.282. The number of fused-ring (bicyclic) bond motifs is 1. The number of pyridine rings is 1. The number of nitrogens with zero attached hydrogens (tertiary/aromatic N) is 1. The van der Waals surface area contributed by atoms with Crippen molar-refractivity contribution in [2.45, 2.75) is 19.4 Å². The Balaban J connectivity index is 2.36. The Bertz CT molecular complexity index is 514. The Morgan fingerprint density at radius 2 is 2.18 bits per heavy atom. The smallest absolute Gasteiger partial charge is 0.134 e. The molecule has 1 atom stereocenters. The molecule has 17 heavy (non-hydrogen) atoms. The number of aromatic nitrogens is 1. The second-order valence-corrected chi connectivity index (χ2v) is 4.12. The Morgan fingerprint density at radius 3 is 2.94 bits per heavy atom. The number of phenolic OH excluding ortho intramolecular Hbond substituents is 1. The van der Waals surface area contributed by atoms with E-state index in [9.17, 15) is 5.11 Å². The number of nitrogens with one attached hydrogen (secondary N) is 1. The van der Waals surface area contributed by atoms with Crippen LogP contribution in [0, 0.1) is 0 Å². The average Bonchev–Trinajstić information content (AvgIpc) is 2.30. The van der Waals surface area contributed by atoms with Gasteiger partial charge in [0.15, 0.2) is 0 Å². The molecule has 0 saturated carbocycles. The Labute approximate surface area is 99.9 Å². The second-order valence-electron chi connectivity index (χ2n) is 4.12. The van der Waals surface area contributed by atoms with Crippen LogP contribution >= 0.6 is 0 Å². The second kappa shape index (κ2) is 5.01. The first-order valence-electron chi connectivity index (χ1n) is 5.66. The number of anilines is 1. The molecule has 0 saturated heterocycles. The number of aliphatic hydroxyl groups excluding tert-OH is 1. The number of benzene rings is 1. The van der Waals surface area contributed by atoms with Crippen molar-refractivity contribution in [2.24, 2.45) is 0 Å². The lowest BCUT2D eigenvalue weighted by Crippen LogP contribution is -2.17. The summed E-state index contributed by atoms with van der Waals surface area (Å²) in [5.74, 6) is 0.961. The summed E-state index contributed by atoms with van der Waals surface area (Å²) < 4.78 is 0. The highest BCUT2D eigenvalue weighted by Crippen LogP contribution is 2.25. The maximum absolute atomic E-state index is 9.50. The van der Waals surface area contributed by atoms with E-state index in [4.69, 9.17) is 5.11 Å². The molecule has 1 unspecified atom stereocenters. The Morgan fingerprint density at radius 1 is 1.35 bits per heavy atom. The molecule has 0 fully saturated rings. The van der Waals surface area contributed by atoms with Crippen molar-refractivity contribution in [1.29, 1.82) is 0 Å². The molecule has 0 aliphatic heterocycles. The van der Waals surface area contributed by atoms with Gasteiger partial charge in [-0.05, 0) is 36.9 Å². The fourth-order valence-electron chi connectivity index (χ4n) is 1.77. The zero-order chi connectivity index (χ0) is 12.3. The molecule has 4 nitrogen and oxygen atoms in total. The minimum absolute atomic E-state index is 0.139. The van der Waals surface area contributed by atoms with E-state index < -0.39 is 0 Å². The molecule has 0 aliphatic carbocycles. The molecule has 1 aromatic carbocycles. The Kier molecular flexibility index (Phi) is 3.44. The molecule has 0 bridgehead atoms. The predicted octanol–water partition coefficient (Wildman–Crippen LogP) is 2.12. The van der Waals surface area contributed by atoms with Gasteiger partial charge in [-0.1, -0.05) is 6.07 Å². The van der Waals surface area contributed by atoms with E-state index in [0.717, 1.165) is 16.6 Å². The number of aliphatic hydroxyl groups is 1. The molecule has 0 amide bonds. The molecule has 4 heteroatoms. The fourth-order valence-corrected chi connectivity index (χ4v) is 1.77. The van der Waals surface area contributed by atoms with Gasteiger partial charge in [-0.2, -0.15) is 0 Å². The standard InChI is InChI=1S/C13H16N2O2/c1-9(5-7-16)15-13-12-8-11(17)3-2-10(12)4-6-14-13/h2-4,6,8-9,16-17H,5,7H2,1H3,(H,14,15). The normalized spacial score (nSPS) is 12.6. The minimum Gasteiger partial charge on any atom is -0.508 e. The number of rotatable bonds is 4. The van der Waals surface area contributed by atoms with E-state index in [-0.39, 0.29) is 18.4 Å². The summed E-state index contributed by atoms with van der Waals surface area (Å²) in [7, 11) is 0. The van der Waals surface area contributed by atoms with Crippen molar-refractivity contribution in [1.82, 2.24) is 4.98 Å². The van der Waals surface area contributed by atoms with Crippen LogP contribution in [0.4, 0.5) is 5.82 Å².